The van der Waals surface area contributed by atoms with Gasteiger partial charge in [0.2, 0.25) is 0 Å². The molecule has 0 amide bonds. The quantitative estimate of drug-likeness (QED) is 0.686. The van der Waals surface area contributed by atoms with Crippen LogP contribution in [-0.4, -0.2) is 10.9 Å². The van der Waals surface area contributed by atoms with Gasteiger partial charge in [-0.2, -0.15) is 0 Å². The molecule has 100 valence electrons. The van der Waals surface area contributed by atoms with Gasteiger partial charge in [-0.05, 0) is 6.07 Å². The Balaban J connectivity index is 2.01. The van der Waals surface area contributed by atoms with Crippen molar-refractivity contribution in [1.29, 1.82) is 0 Å². The number of furan rings is 1. The van der Waals surface area contributed by atoms with E-state index in [1.807, 2.05) is 42.5 Å². The Kier molecular flexibility index (Phi) is 3.61. The topological polar surface area (TPSA) is 30.2 Å². The van der Waals surface area contributed by atoms with Crippen LogP contribution in [0.3, 0.4) is 0 Å². The number of thioether (sulfide) groups is 1. The van der Waals surface area contributed by atoms with E-state index in [1.54, 1.807) is 6.92 Å². The van der Waals surface area contributed by atoms with Gasteiger partial charge in [-0.3, -0.25) is 4.79 Å². The SMILES string of the molecule is CC(=O)SCC=Cc1cccc2c1oc1ccccc12. The second-order valence-electron chi connectivity index (χ2n) is 4.53. The highest BCUT2D eigenvalue weighted by atomic mass is 32.2. The van der Waals surface area contributed by atoms with Gasteiger partial charge in [-0.25, -0.2) is 0 Å². The fourth-order valence-corrected chi connectivity index (χ4v) is 2.67. The highest BCUT2D eigenvalue weighted by Crippen LogP contribution is 2.31. The highest BCUT2D eigenvalue weighted by Gasteiger charge is 2.07. The van der Waals surface area contributed by atoms with E-state index in [1.165, 1.54) is 11.8 Å². The lowest BCUT2D eigenvalue weighted by Crippen LogP contribution is -1.81. The first-order valence-corrected chi connectivity index (χ1v) is 7.44. The number of carbonyl (C=O) groups excluding carboxylic acids is 1. The standard InChI is InChI=1S/C17H14O2S/c1-12(18)20-11-5-7-13-6-4-9-15-14-8-2-3-10-16(14)19-17(13)15/h2-10H,11H2,1H3. The van der Waals surface area contributed by atoms with Crippen molar-refractivity contribution in [2.75, 3.05) is 5.75 Å². The molecule has 20 heavy (non-hydrogen) atoms. The van der Waals surface area contributed by atoms with E-state index in [0.29, 0.717) is 5.75 Å². The predicted octanol–water partition coefficient (Wildman–Crippen LogP) is 4.88. The summed E-state index contributed by atoms with van der Waals surface area (Å²) in [6, 6.07) is 14.2. The second-order valence-corrected chi connectivity index (χ2v) is 5.72. The highest BCUT2D eigenvalue weighted by molar-refractivity contribution is 8.13. The number of carbonyl (C=O) groups is 1. The third kappa shape index (κ3) is 2.49. The van der Waals surface area contributed by atoms with Gasteiger partial charge >= 0.3 is 0 Å². The molecule has 2 aromatic carbocycles. The number of rotatable bonds is 3. The van der Waals surface area contributed by atoms with Crippen LogP contribution in [0, 0.1) is 0 Å². The van der Waals surface area contributed by atoms with Gasteiger partial charge in [-0.1, -0.05) is 60.3 Å². The summed E-state index contributed by atoms with van der Waals surface area (Å²) in [5, 5.41) is 2.40. The van der Waals surface area contributed by atoms with Crippen molar-refractivity contribution in [3.8, 4) is 0 Å². The van der Waals surface area contributed by atoms with Crippen molar-refractivity contribution in [3.05, 3.63) is 54.1 Å². The van der Waals surface area contributed by atoms with E-state index in [2.05, 4.69) is 12.1 Å². The van der Waals surface area contributed by atoms with Crippen LogP contribution < -0.4 is 0 Å². The summed E-state index contributed by atoms with van der Waals surface area (Å²) in [4.78, 5) is 10.9. The minimum Gasteiger partial charge on any atom is -0.455 e. The number of fused-ring (bicyclic) bond motifs is 3. The zero-order valence-electron chi connectivity index (χ0n) is 11.1. The molecular formula is C17H14O2S. The Morgan fingerprint density at radius 3 is 2.80 bits per heavy atom. The summed E-state index contributed by atoms with van der Waals surface area (Å²) in [5.74, 6) is 0.686. The molecule has 0 saturated heterocycles. The minimum atomic E-state index is 0.136. The van der Waals surface area contributed by atoms with Crippen LogP contribution in [0.25, 0.3) is 28.0 Å². The van der Waals surface area contributed by atoms with E-state index < -0.39 is 0 Å². The lowest BCUT2D eigenvalue weighted by Gasteiger charge is -1.95. The average molecular weight is 282 g/mol. The van der Waals surface area contributed by atoms with Crippen LogP contribution in [0.1, 0.15) is 12.5 Å². The van der Waals surface area contributed by atoms with E-state index in [0.717, 1.165) is 27.5 Å². The van der Waals surface area contributed by atoms with E-state index in [9.17, 15) is 4.79 Å². The zero-order valence-corrected chi connectivity index (χ0v) is 11.9. The Morgan fingerprint density at radius 2 is 1.95 bits per heavy atom. The summed E-state index contributed by atoms with van der Waals surface area (Å²) in [7, 11) is 0. The van der Waals surface area contributed by atoms with Crippen LogP contribution in [0.5, 0.6) is 0 Å². The maximum absolute atomic E-state index is 10.9. The normalized spacial score (nSPS) is 11.7. The number of para-hydroxylation sites is 2. The van der Waals surface area contributed by atoms with Crippen LogP contribution in [-0.2, 0) is 4.79 Å². The molecule has 0 fully saturated rings. The second kappa shape index (κ2) is 5.55. The molecule has 0 bridgehead atoms. The molecule has 3 aromatic rings. The van der Waals surface area contributed by atoms with Gasteiger partial charge in [0, 0.05) is 29.0 Å². The van der Waals surface area contributed by atoms with Crippen molar-refractivity contribution < 1.29 is 9.21 Å². The van der Waals surface area contributed by atoms with E-state index in [-0.39, 0.29) is 5.12 Å². The number of hydrogen-bond acceptors (Lipinski definition) is 3. The third-order valence-corrected chi connectivity index (χ3v) is 3.88. The number of benzene rings is 2. The molecule has 0 aliphatic rings. The molecule has 0 aliphatic heterocycles. The van der Waals surface area contributed by atoms with Gasteiger partial charge in [0.05, 0.1) is 0 Å². The van der Waals surface area contributed by atoms with Crippen LogP contribution in [0.2, 0.25) is 0 Å². The van der Waals surface area contributed by atoms with Gasteiger partial charge in [0.15, 0.2) is 5.12 Å². The summed E-state index contributed by atoms with van der Waals surface area (Å²) in [5.41, 5.74) is 2.85. The fraction of sp³-hybridized carbons (Fsp3) is 0.118. The Bertz CT molecular complexity index is 799. The molecule has 3 heteroatoms. The van der Waals surface area contributed by atoms with Gasteiger partial charge in [0.1, 0.15) is 11.2 Å². The fourth-order valence-electron chi connectivity index (χ4n) is 2.24. The molecule has 3 rings (SSSR count). The molecular weight excluding hydrogens is 268 g/mol. The Labute approximate surface area is 121 Å². The first kappa shape index (κ1) is 13.0. The van der Waals surface area contributed by atoms with Crippen molar-refractivity contribution in [2.24, 2.45) is 0 Å². The molecule has 1 aromatic heterocycles. The van der Waals surface area contributed by atoms with Gasteiger partial charge in [0.25, 0.3) is 0 Å². The summed E-state index contributed by atoms with van der Waals surface area (Å²) in [6.45, 7) is 1.58. The molecule has 0 radical (unpaired) electrons. The molecule has 0 unspecified atom stereocenters. The first-order chi connectivity index (χ1) is 9.75. The average Bonchev–Trinajstić information content (AvgIpc) is 2.83. The molecule has 0 atom stereocenters. The maximum atomic E-state index is 10.9. The van der Waals surface area contributed by atoms with Gasteiger partial charge < -0.3 is 4.42 Å². The van der Waals surface area contributed by atoms with E-state index in [4.69, 9.17) is 4.42 Å². The largest absolute Gasteiger partial charge is 0.455 e. The van der Waals surface area contributed by atoms with Crippen molar-refractivity contribution in [2.45, 2.75) is 6.92 Å². The lowest BCUT2D eigenvalue weighted by molar-refractivity contribution is -0.109. The molecule has 0 spiro atoms. The molecule has 0 aliphatic carbocycles. The molecule has 2 nitrogen and oxygen atoms in total. The monoisotopic (exact) mass is 282 g/mol. The summed E-state index contributed by atoms with van der Waals surface area (Å²) >= 11 is 1.30. The molecule has 1 heterocycles. The third-order valence-electron chi connectivity index (χ3n) is 3.11. The van der Waals surface area contributed by atoms with Crippen LogP contribution in [0.4, 0.5) is 0 Å². The first-order valence-electron chi connectivity index (χ1n) is 6.46. The predicted molar refractivity (Wildman–Crippen MR) is 85.9 cm³/mol. The van der Waals surface area contributed by atoms with Crippen LogP contribution >= 0.6 is 11.8 Å². The Morgan fingerprint density at radius 1 is 1.15 bits per heavy atom. The zero-order chi connectivity index (χ0) is 13.9. The summed E-state index contributed by atoms with van der Waals surface area (Å²) in [6.07, 6.45) is 4.01. The Hall–Kier alpha value is -2.00. The maximum Gasteiger partial charge on any atom is 0.186 e. The summed E-state index contributed by atoms with van der Waals surface area (Å²) < 4.78 is 5.94. The lowest BCUT2D eigenvalue weighted by atomic mass is 10.1. The minimum absolute atomic E-state index is 0.136. The van der Waals surface area contributed by atoms with Crippen molar-refractivity contribution in [3.63, 3.8) is 0 Å². The van der Waals surface area contributed by atoms with E-state index >= 15 is 0 Å². The van der Waals surface area contributed by atoms with Gasteiger partial charge in [-0.15, -0.1) is 0 Å². The molecule has 0 saturated carbocycles. The molecule has 0 N–H and O–H groups in total. The van der Waals surface area contributed by atoms with Crippen molar-refractivity contribution in [1.82, 2.24) is 0 Å². The van der Waals surface area contributed by atoms with Crippen LogP contribution in [0.15, 0.2) is 53.0 Å². The van der Waals surface area contributed by atoms with Crippen molar-refractivity contribution >= 4 is 44.9 Å². The number of hydrogen-bond donors (Lipinski definition) is 0. The smallest absolute Gasteiger partial charge is 0.186 e.